The lowest BCUT2D eigenvalue weighted by Gasteiger charge is -2.12. The highest BCUT2D eigenvalue weighted by atomic mass is 16.5. The fourth-order valence-electron chi connectivity index (χ4n) is 3.06. The van der Waals surface area contributed by atoms with Crippen LogP contribution in [0.2, 0.25) is 0 Å². The molecule has 140 valence electrons. The molecule has 0 radical (unpaired) electrons. The van der Waals surface area contributed by atoms with Crippen LogP contribution < -0.4 is 15.1 Å². The van der Waals surface area contributed by atoms with Gasteiger partial charge < -0.3 is 13.9 Å². The van der Waals surface area contributed by atoms with Gasteiger partial charge in [0.2, 0.25) is 0 Å². The van der Waals surface area contributed by atoms with Crippen LogP contribution in [0.25, 0.3) is 11.0 Å². The zero-order valence-electron chi connectivity index (χ0n) is 15.9. The first-order valence-electron chi connectivity index (χ1n) is 8.82. The third-order valence-corrected chi connectivity index (χ3v) is 4.56. The van der Waals surface area contributed by atoms with E-state index in [2.05, 4.69) is 0 Å². The van der Waals surface area contributed by atoms with Crippen molar-refractivity contribution in [3.05, 3.63) is 69.1 Å². The van der Waals surface area contributed by atoms with Crippen LogP contribution in [0.15, 0.2) is 45.6 Å². The van der Waals surface area contributed by atoms with E-state index in [1.54, 1.807) is 13.2 Å². The number of hydrogen-bond acceptors (Lipinski definition) is 5. The number of hydrogen-bond donors (Lipinski definition) is 0. The molecule has 1 aromatic heterocycles. The first-order valence-corrected chi connectivity index (χ1v) is 8.82. The van der Waals surface area contributed by atoms with Crippen molar-refractivity contribution in [1.82, 2.24) is 0 Å². The molecule has 3 rings (SSSR count). The predicted octanol–water partition coefficient (Wildman–Crippen LogP) is 4.13. The lowest BCUT2D eigenvalue weighted by atomic mass is 10.0. The van der Waals surface area contributed by atoms with Gasteiger partial charge in [-0.15, -0.1) is 0 Å². The lowest BCUT2D eigenvalue weighted by Crippen LogP contribution is -2.13. The number of carbonyl (C=O) groups excluding carboxylic acids is 1. The average Bonchev–Trinajstić information content (AvgIpc) is 2.62. The molecule has 0 unspecified atom stereocenters. The van der Waals surface area contributed by atoms with Crippen molar-refractivity contribution in [3.63, 3.8) is 0 Å². The van der Waals surface area contributed by atoms with Gasteiger partial charge in [0.05, 0.1) is 13.5 Å². The van der Waals surface area contributed by atoms with Crippen molar-refractivity contribution < 1.29 is 18.7 Å². The van der Waals surface area contributed by atoms with E-state index in [0.29, 0.717) is 17.8 Å². The van der Waals surface area contributed by atoms with E-state index in [9.17, 15) is 9.59 Å². The molecule has 27 heavy (non-hydrogen) atoms. The molecule has 0 bridgehead atoms. The molecule has 5 nitrogen and oxygen atoms in total. The van der Waals surface area contributed by atoms with Gasteiger partial charge in [-0.1, -0.05) is 19.1 Å². The van der Waals surface area contributed by atoms with Crippen molar-refractivity contribution in [2.24, 2.45) is 0 Å². The summed E-state index contributed by atoms with van der Waals surface area (Å²) in [5.41, 5.74) is 3.52. The Kier molecular flexibility index (Phi) is 5.31. The van der Waals surface area contributed by atoms with Crippen molar-refractivity contribution in [1.29, 1.82) is 0 Å². The van der Waals surface area contributed by atoms with Crippen molar-refractivity contribution in [2.75, 3.05) is 7.11 Å². The fourth-order valence-corrected chi connectivity index (χ4v) is 3.06. The molecule has 2 aromatic carbocycles. The molecule has 0 aliphatic heterocycles. The maximum Gasteiger partial charge on any atom is 0.336 e. The smallest absolute Gasteiger partial charge is 0.336 e. The first-order chi connectivity index (χ1) is 12.9. The lowest BCUT2D eigenvalue weighted by molar-refractivity contribution is -0.133. The summed E-state index contributed by atoms with van der Waals surface area (Å²) in [5.74, 6) is 0.769. The number of fused-ring (bicyclic) bond motifs is 1. The van der Waals surface area contributed by atoms with Gasteiger partial charge in [0.15, 0.2) is 0 Å². The largest absolute Gasteiger partial charge is 0.496 e. The van der Waals surface area contributed by atoms with E-state index in [1.807, 2.05) is 45.0 Å². The second-order valence-electron chi connectivity index (χ2n) is 6.51. The number of rotatable bonds is 5. The summed E-state index contributed by atoms with van der Waals surface area (Å²) in [4.78, 5) is 24.1. The number of aryl methyl sites for hydroxylation is 3. The summed E-state index contributed by atoms with van der Waals surface area (Å²) in [7, 11) is 1.60. The molecule has 0 amide bonds. The number of esters is 1. The molecule has 0 aliphatic rings. The summed E-state index contributed by atoms with van der Waals surface area (Å²) in [6.07, 6.45) is 0.811. The summed E-state index contributed by atoms with van der Waals surface area (Å²) in [6.45, 7) is 5.78. The fraction of sp³-hybridized carbons (Fsp3) is 0.273. The summed E-state index contributed by atoms with van der Waals surface area (Å²) >= 11 is 0. The molecule has 0 saturated heterocycles. The van der Waals surface area contributed by atoms with Gasteiger partial charge >= 0.3 is 11.6 Å². The highest BCUT2D eigenvalue weighted by Gasteiger charge is 2.14. The Balaban J connectivity index is 1.89. The number of ether oxygens (including phenoxy) is 2. The third kappa shape index (κ3) is 4.03. The Labute approximate surface area is 157 Å². The quantitative estimate of drug-likeness (QED) is 0.386. The van der Waals surface area contributed by atoms with Crippen LogP contribution in [0.4, 0.5) is 0 Å². The maximum absolute atomic E-state index is 12.4. The SMILES string of the molecule is CCc1cc2c(C)cc(=O)oc2cc1OC(=O)Cc1ccc(C)c(OC)c1. The maximum atomic E-state index is 12.4. The zero-order chi connectivity index (χ0) is 19.6. The molecular formula is C22H22O5. The van der Waals surface area contributed by atoms with Crippen molar-refractivity contribution in [3.8, 4) is 11.5 Å². The summed E-state index contributed by atoms with van der Waals surface area (Å²) in [5, 5.41) is 0.842. The van der Waals surface area contributed by atoms with Crippen LogP contribution in [0.5, 0.6) is 11.5 Å². The van der Waals surface area contributed by atoms with Crippen LogP contribution >= 0.6 is 0 Å². The van der Waals surface area contributed by atoms with E-state index < -0.39 is 5.63 Å². The van der Waals surface area contributed by atoms with Gasteiger partial charge in [0, 0.05) is 17.5 Å². The van der Waals surface area contributed by atoms with Crippen molar-refractivity contribution >= 4 is 16.9 Å². The van der Waals surface area contributed by atoms with E-state index in [-0.39, 0.29) is 12.4 Å². The molecule has 3 aromatic rings. The van der Waals surface area contributed by atoms with E-state index in [4.69, 9.17) is 13.9 Å². The summed E-state index contributed by atoms with van der Waals surface area (Å²) in [6, 6.07) is 10.6. The highest BCUT2D eigenvalue weighted by molar-refractivity contribution is 5.84. The molecule has 0 fully saturated rings. The minimum atomic E-state index is -0.423. The van der Waals surface area contributed by atoms with Crippen LogP contribution in [0.1, 0.15) is 29.2 Å². The van der Waals surface area contributed by atoms with Crippen LogP contribution in [-0.2, 0) is 17.6 Å². The number of benzene rings is 2. The number of methoxy groups -OCH3 is 1. The minimum Gasteiger partial charge on any atom is -0.496 e. The molecule has 0 saturated carbocycles. The second kappa shape index (κ2) is 7.66. The van der Waals surface area contributed by atoms with Gasteiger partial charge in [0.25, 0.3) is 0 Å². The Hall–Kier alpha value is -3.08. The second-order valence-corrected chi connectivity index (χ2v) is 6.51. The molecule has 5 heteroatoms. The summed E-state index contributed by atoms with van der Waals surface area (Å²) < 4.78 is 16.2. The Bertz CT molecular complexity index is 1060. The first kappa shape index (κ1) is 18.7. The average molecular weight is 366 g/mol. The monoisotopic (exact) mass is 366 g/mol. The van der Waals surface area contributed by atoms with Crippen molar-refractivity contribution in [2.45, 2.75) is 33.6 Å². The zero-order valence-corrected chi connectivity index (χ0v) is 15.9. The molecule has 0 N–H and O–H groups in total. The molecule has 0 spiro atoms. The molecule has 0 aliphatic carbocycles. The predicted molar refractivity (Wildman–Crippen MR) is 104 cm³/mol. The normalized spacial score (nSPS) is 10.8. The molecule has 1 heterocycles. The Morgan fingerprint density at radius 1 is 1.04 bits per heavy atom. The van der Waals surface area contributed by atoms with E-state index in [0.717, 1.165) is 33.4 Å². The minimum absolute atomic E-state index is 0.121. The molecular weight excluding hydrogens is 344 g/mol. The van der Waals surface area contributed by atoms with Gasteiger partial charge in [-0.3, -0.25) is 4.79 Å². The standard InChI is InChI=1S/C22H22O5/c1-5-16-11-17-14(3)8-21(23)27-20(17)12-19(16)26-22(24)10-15-7-6-13(2)18(9-15)25-4/h6-9,11-12H,5,10H2,1-4H3. The van der Waals surface area contributed by atoms with Gasteiger partial charge in [0.1, 0.15) is 17.1 Å². The Morgan fingerprint density at radius 3 is 2.52 bits per heavy atom. The van der Waals surface area contributed by atoms with Gasteiger partial charge in [-0.2, -0.15) is 0 Å². The van der Waals surface area contributed by atoms with Crippen LogP contribution in [-0.4, -0.2) is 13.1 Å². The van der Waals surface area contributed by atoms with Crippen LogP contribution in [0, 0.1) is 13.8 Å². The van der Waals surface area contributed by atoms with E-state index in [1.165, 1.54) is 6.07 Å². The van der Waals surface area contributed by atoms with Gasteiger partial charge in [-0.25, -0.2) is 4.79 Å². The topological polar surface area (TPSA) is 65.7 Å². The third-order valence-electron chi connectivity index (χ3n) is 4.56. The van der Waals surface area contributed by atoms with Gasteiger partial charge in [-0.05, 0) is 54.7 Å². The highest BCUT2D eigenvalue weighted by Crippen LogP contribution is 2.28. The number of carbonyl (C=O) groups is 1. The Morgan fingerprint density at radius 2 is 1.81 bits per heavy atom. The van der Waals surface area contributed by atoms with E-state index >= 15 is 0 Å². The van der Waals surface area contributed by atoms with Crippen LogP contribution in [0.3, 0.4) is 0 Å². The molecule has 0 atom stereocenters.